The fourth-order valence-electron chi connectivity index (χ4n) is 1.86. The normalized spacial score (nSPS) is 16.2. The van der Waals surface area contributed by atoms with Gasteiger partial charge in [-0.3, -0.25) is 9.59 Å². The van der Waals surface area contributed by atoms with E-state index in [1.807, 2.05) is 30.3 Å². The highest BCUT2D eigenvalue weighted by molar-refractivity contribution is 6.41. The highest BCUT2D eigenvalue weighted by atomic mass is 16.2. The number of rotatable bonds is 3. The Morgan fingerprint density at radius 1 is 1.12 bits per heavy atom. The average Bonchev–Trinajstić information content (AvgIpc) is 2.36. The zero-order chi connectivity index (χ0) is 12.3. The first-order valence-electron chi connectivity index (χ1n) is 5.50. The number of carbonyl (C=O) groups is 2. The van der Waals surface area contributed by atoms with E-state index in [4.69, 9.17) is 0 Å². The molecule has 17 heavy (non-hydrogen) atoms. The number of benzene rings is 1. The Bertz CT molecular complexity index is 442. The Kier molecular flexibility index (Phi) is 3.23. The second kappa shape index (κ2) is 4.82. The Morgan fingerprint density at radius 3 is 2.47 bits per heavy atom. The molecule has 1 saturated heterocycles. The van der Waals surface area contributed by atoms with Gasteiger partial charge in [0.05, 0.1) is 0 Å². The predicted molar refractivity (Wildman–Crippen MR) is 65.6 cm³/mol. The number of anilines is 1. The predicted octanol–water partition coefficient (Wildman–Crippen LogP) is 1.05. The van der Waals surface area contributed by atoms with E-state index in [0.29, 0.717) is 19.6 Å². The lowest BCUT2D eigenvalue weighted by atomic mass is 10.2. The zero-order valence-corrected chi connectivity index (χ0v) is 9.50. The van der Waals surface area contributed by atoms with E-state index < -0.39 is 11.8 Å². The lowest BCUT2D eigenvalue weighted by Crippen LogP contribution is -2.54. The van der Waals surface area contributed by atoms with Crippen molar-refractivity contribution in [3.05, 3.63) is 43.0 Å². The summed E-state index contributed by atoms with van der Waals surface area (Å²) in [7, 11) is 0. The van der Waals surface area contributed by atoms with Crippen LogP contribution in [0.4, 0.5) is 5.69 Å². The molecule has 4 nitrogen and oxygen atoms in total. The summed E-state index contributed by atoms with van der Waals surface area (Å²) in [5.74, 6) is -0.927. The number of hydrogen-bond acceptors (Lipinski definition) is 2. The molecule has 1 fully saturated rings. The van der Waals surface area contributed by atoms with Gasteiger partial charge in [-0.05, 0) is 12.1 Å². The summed E-state index contributed by atoms with van der Waals surface area (Å²) in [4.78, 5) is 26.7. The van der Waals surface area contributed by atoms with Crippen LogP contribution in [0.2, 0.25) is 0 Å². The van der Waals surface area contributed by atoms with E-state index in [9.17, 15) is 9.59 Å². The number of piperazine rings is 1. The van der Waals surface area contributed by atoms with Crippen molar-refractivity contribution in [1.82, 2.24) is 4.90 Å². The second-order valence-electron chi connectivity index (χ2n) is 3.83. The molecule has 0 atom stereocenters. The maximum absolute atomic E-state index is 11.9. The minimum atomic E-state index is -0.468. The van der Waals surface area contributed by atoms with Crippen molar-refractivity contribution in [3.8, 4) is 0 Å². The number of carbonyl (C=O) groups excluding carboxylic acids is 2. The van der Waals surface area contributed by atoms with E-state index in [2.05, 4.69) is 6.58 Å². The molecule has 88 valence electrons. The van der Waals surface area contributed by atoms with Crippen molar-refractivity contribution in [3.63, 3.8) is 0 Å². The molecule has 0 saturated carbocycles. The van der Waals surface area contributed by atoms with Gasteiger partial charge in [0.25, 0.3) is 0 Å². The van der Waals surface area contributed by atoms with Gasteiger partial charge in [-0.15, -0.1) is 6.58 Å². The van der Waals surface area contributed by atoms with Crippen molar-refractivity contribution in [2.45, 2.75) is 0 Å². The highest BCUT2D eigenvalue weighted by Gasteiger charge is 2.32. The van der Waals surface area contributed by atoms with Crippen LogP contribution in [0.15, 0.2) is 43.0 Å². The van der Waals surface area contributed by atoms with Crippen LogP contribution in [0.3, 0.4) is 0 Å². The van der Waals surface area contributed by atoms with Crippen LogP contribution in [-0.4, -0.2) is 36.3 Å². The number of hydrogen-bond donors (Lipinski definition) is 0. The first-order chi connectivity index (χ1) is 8.24. The molecule has 1 aromatic rings. The van der Waals surface area contributed by atoms with Gasteiger partial charge < -0.3 is 9.80 Å². The molecular formula is C13H14N2O2. The van der Waals surface area contributed by atoms with Crippen molar-refractivity contribution in [1.29, 1.82) is 0 Å². The van der Waals surface area contributed by atoms with Gasteiger partial charge in [-0.25, -0.2) is 0 Å². The molecule has 0 radical (unpaired) electrons. The fourth-order valence-corrected chi connectivity index (χ4v) is 1.86. The quantitative estimate of drug-likeness (QED) is 0.575. The molecule has 0 unspecified atom stereocenters. The largest absolute Gasteiger partial charge is 0.329 e. The van der Waals surface area contributed by atoms with Crippen molar-refractivity contribution in [2.75, 3.05) is 24.5 Å². The highest BCUT2D eigenvalue weighted by Crippen LogP contribution is 2.16. The van der Waals surface area contributed by atoms with Crippen LogP contribution < -0.4 is 4.90 Å². The summed E-state index contributed by atoms with van der Waals surface area (Å²) < 4.78 is 0. The second-order valence-corrected chi connectivity index (χ2v) is 3.83. The molecule has 1 aliphatic rings. The Balaban J connectivity index is 2.17. The zero-order valence-electron chi connectivity index (χ0n) is 9.50. The van der Waals surface area contributed by atoms with Gasteiger partial charge in [0.1, 0.15) is 0 Å². The van der Waals surface area contributed by atoms with E-state index in [0.717, 1.165) is 5.69 Å². The molecule has 1 heterocycles. The third-order valence-corrected chi connectivity index (χ3v) is 2.73. The van der Waals surface area contributed by atoms with Gasteiger partial charge >= 0.3 is 11.8 Å². The average molecular weight is 230 g/mol. The monoisotopic (exact) mass is 230 g/mol. The number of nitrogens with zero attached hydrogens (tertiary/aromatic N) is 2. The molecule has 1 aliphatic heterocycles. The fraction of sp³-hybridized carbons (Fsp3) is 0.231. The van der Waals surface area contributed by atoms with Gasteiger partial charge in [-0.1, -0.05) is 24.3 Å². The van der Waals surface area contributed by atoms with E-state index in [-0.39, 0.29) is 0 Å². The minimum absolute atomic E-state index is 0.424. The van der Waals surface area contributed by atoms with Crippen LogP contribution in [0.1, 0.15) is 0 Å². The van der Waals surface area contributed by atoms with Gasteiger partial charge in [0.15, 0.2) is 0 Å². The van der Waals surface area contributed by atoms with E-state index >= 15 is 0 Å². The lowest BCUT2D eigenvalue weighted by molar-refractivity contribution is -0.145. The van der Waals surface area contributed by atoms with Crippen LogP contribution in [0.25, 0.3) is 0 Å². The van der Waals surface area contributed by atoms with Gasteiger partial charge in [0.2, 0.25) is 0 Å². The summed E-state index contributed by atoms with van der Waals surface area (Å²) in [6.07, 6.45) is 1.63. The third-order valence-electron chi connectivity index (χ3n) is 2.73. The first-order valence-corrected chi connectivity index (χ1v) is 5.50. The Morgan fingerprint density at radius 2 is 1.82 bits per heavy atom. The summed E-state index contributed by atoms with van der Waals surface area (Å²) in [5.41, 5.74) is 0.768. The summed E-state index contributed by atoms with van der Waals surface area (Å²) in [6, 6.07) is 9.23. The Labute approximate surface area is 100 Å². The first kappa shape index (κ1) is 11.4. The molecule has 0 aromatic heterocycles. The maximum Gasteiger partial charge on any atom is 0.316 e. The molecule has 0 spiro atoms. The van der Waals surface area contributed by atoms with Crippen molar-refractivity contribution >= 4 is 17.5 Å². The van der Waals surface area contributed by atoms with Crippen LogP contribution in [0, 0.1) is 0 Å². The maximum atomic E-state index is 11.9. The van der Waals surface area contributed by atoms with E-state index in [1.54, 1.807) is 6.08 Å². The standard InChI is InChI=1S/C13H14N2O2/c1-2-8-14-9-10-15(13(17)12(14)16)11-6-4-3-5-7-11/h2-7H,1,8-10H2. The van der Waals surface area contributed by atoms with Crippen molar-refractivity contribution in [2.24, 2.45) is 0 Å². The van der Waals surface area contributed by atoms with Gasteiger partial charge in [-0.2, -0.15) is 0 Å². The van der Waals surface area contributed by atoms with Crippen LogP contribution in [-0.2, 0) is 9.59 Å². The SMILES string of the molecule is C=CCN1CCN(c2ccccc2)C(=O)C1=O. The molecule has 1 aromatic carbocycles. The van der Waals surface area contributed by atoms with Gasteiger partial charge in [0, 0.05) is 25.3 Å². The van der Waals surface area contributed by atoms with Crippen molar-refractivity contribution < 1.29 is 9.59 Å². The van der Waals surface area contributed by atoms with E-state index in [1.165, 1.54) is 9.80 Å². The molecule has 0 aliphatic carbocycles. The Hall–Kier alpha value is -2.10. The van der Waals surface area contributed by atoms with Crippen LogP contribution in [0.5, 0.6) is 0 Å². The molecule has 0 N–H and O–H groups in total. The van der Waals surface area contributed by atoms with Crippen LogP contribution >= 0.6 is 0 Å². The minimum Gasteiger partial charge on any atom is -0.329 e. The molecule has 2 rings (SSSR count). The summed E-state index contributed by atoms with van der Waals surface area (Å²) in [5, 5.41) is 0. The number of para-hydroxylation sites is 1. The summed E-state index contributed by atoms with van der Waals surface area (Å²) >= 11 is 0. The molecular weight excluding hydrogens is 216 g/mol. The molecule has 2 amide bonds. The topological polar surface area (TPSA) is 40.6 Å². The number of amides is 2. The third kappa shape index (κ3) is 2.20. The summed E-state index contributed by atoms with van der Waals surface area (Å²) in [6.45, 7) is 5.07. The molecule has 0 bridgehead atoms. The smallest absolute Gasteiger partial charge is 0.316 e. The molecule has 4 heteroatoms. The lowest BCUT2D eigenvalue weighted by Gasteiger charge is -2.33.